The van der Waals surface area contributed by atoms with E-state index in [4.69, 9.17) is 0 Å². The Kier molecular flexibility index (Phi) is 3.41. The Morgan fingerprint density at radius 2 is 2.11 bits per heavy atom. The van der Waals surface area contributed by atoms with Crippen molar-refractivity contribution < 1.29 is 14.4 Å². The summed E-state index contributed by atoms with van der Waals surface area (Å²) in [6.45, 7) is 1.96. The van der Waals surface area contributed by atoms with E-state index in [-0.39, 0.29) is 18.4 Å². The van der Waals surface area contributed by atoms with Crippen molar-refractivity contribution >= 4 is 23.8 Å². The van der Waals surface area contributed by atoms with Gasteiger partial charge in [0.2, 0.25) is 11.8 Å². The van der Waals surface area contributed by atoms with Crippen LogP contribution in [0.15, 0.2) is 24.3 Å². The second-order valence-corrected chi connectivity index (χ2v) is 4.14. The van der Waals surface area contributed by atoms with E-state index in [0.29, 0.717) is 17.7 Å². The number of piperazine rings is 1. The van der Waals surface area contributed by atoms with Crippen molar-refractivity contribution in [2.75, 3.05) is 11.4 Å². The lowest BCUT2D eigenvalue weighted by Gasteiger charge is -2.35. The number of carbonyl (C=O) groups excluding carboxylic acids is 3. The molecule has 1 aromatic carbocycles. The van der Waals surface area contributed by atoms with Gasteiger partial charge in [0.15, 0.2) is 6.29 Å². The number of rotatable bonds is 3. The number of nitrogens with one attached hydrogen (secondary N) is 1. The van der Waals surface area contributed by atoms with Gasteiger partial charge in [0, 0.05) is 11.3 Å². The molecule has 18 heavy (non-hydrogen) atoms. The predicted octanol–water partition coefficient (Wildman–Crippen LogP) is 0.740. The molecule has 1 N–H and O–H groups in total. The molecule has 2 amide bonds. The number of aldehydes is 1. The fourth-order valence-corrected chi connectivity index (χ4v) is 2.17. The largest absolute Gasteiger partial charge is 0.350 e. The zero-order valence-electron chi connectivity index (χ0n) is 10.1. The van der Waals surface area contributed by atoms with E-state index in [9.17, 15) is 14.4 Å². The van der Waals surface area contributed by atoms with Crippen molar-refractivity contribution in [2.24, 2.45) is 0 Å². The number of hydrogen-bond donors (Lipinski definition) is 1. The molecule has 1 saturated heterocycles. The molecule has 0 aliphatic carbocycles. The van der Waals surface area contributed by atoms with Crippen LogP contribution in [0.25, 0.3) is 0 Å². The van der Waals surface area contributed by atoms with Crippen LogP contribution >= 0.6 is 0 Å². The van der Waals surface area contributed by atoms with E-state index in [0.717, 1.165) is 6.29 Å². The summed E-state index contributed by atoms with van der Waals surface area (Å²) in [5.74, 6) is -0.653. The number of amides is 2. The van der Waals surface area contributed by atoms with Crippen LogP contribution in [0.3, 0.4) is 0 Å². The number of hydrogen-bond acceptors (Lipinski definition) is 4. The van der Waals surface area contributed by atoms with E-state index in [1.165, 1.54) is 0 Å². The summed E-state index contributed by atoms with van der Waals surface area (Å²) in [6.07, 6.45) is 1.31. The fraction of sp³-hybridized carbons (Fsp3) is 0.308. The molecule has 2 rings (SSSR count). The van der Waals surface area contributed by atoms with Crippen molar-refractivity contribution in [2.45, 2.75) is 19.4 Å². The summed E-state index contributed by atoms with van der Waals surface area (Å²) >= 11 is 0. The average molecular weight is 246 g/mol. The molecule has 0 radical (unpaired) electrons. The normalized spacial score (nSPS) is 19.6. The minimum Gasteiger partial charge on any atom is -0.350 e. The first-order valence-corrected chi connectivity index (χ1v) is 5.82. The first-order valence-electron chi connectivity index (χ1n) is 5.82. The smallest absolute Gasteiger partial charge is 0.249 e. The van der Waals surface area contributed by atoms with Crippen molar-refractivity contribution in [3.05, 3.63) is 29.8 Å². The van der Waals surface area contributed by atoms with Crippen molar-refractivity contribution in [1.82, 2.24) is 5.32 Å². The maximum atomic E-state index is 11.8. The Balaban J connectivity index is 2.42. The van der Waals surface area contributed by atoms with E-state index >= 15 is 0 Å². The topological polar surface area (TPSA) is 66.5 Å². The monoisotopic (exact) mass is 246 g/mol. The van der Waals surface area contributed by atoms with Crippen LogP contribution in [0.1, 0.15) is 23.7 Å². The molecule has 0 aromatic heterocycles. The first kappa shape index (κ1) is 12.3. The van der Waals surface area contributed by atoms with Crippen molar-refractivity contribution in [3.8, 4) is 0 Å². The van der Waals surface area contributed by atoms with Gasteiger partial charge in [-0.3, -0.25) is 19.7 Å². The Bertz CT molecular complexity index is 499. The van der Waals surface area contributed by atoms with Crippen LogP contribution in [0.4, 0.5) is 5.69 Å². The summed E-state index contributed by atoms with van der Waals surface area (Å²) in [7, 11) is 0. The van der Waals surface area contributed by atoms with E-state index in [2.05, 4.69) is 5.32 Å². The maximum absolute atomic E-state index is 11.8. The highest BCUT2D eigenvalue weighted by atomic mass is 16.2. The molecule has 0 saturated carbocycles. The highest BCUT2D eigenvalue weighted by molar-refractivity contribution is 6.05. The zero-order chi connectivity index (χ0) is 13.1. The van der Waals surface area contributed by atoms with Crippen LogP contribution in [-0.2, 0) is 9.59 Å². The highest BCUT2D eigenvalue weighted by Gasteiger charge is 2.33. The molecule has 1 atom stereocenters. The lowest BCUT2D eigenvalue weighted by atomic mass is 10.1. The first-order chi connectivity index (χ1) is 8.67. The van der Waals surface area contributed by atoms with Gasteiger partial charge in [-0.2, -0.15) is 0 Å². The summed E-state index contributed by atoms with van der Waals surface area (Å²) in [5, 5.41) is 2.31. The number of carbonyl (C=O) groups is 3. The number of para-hydroxylation sites is 1. The van der Waals surface area contributed by atoms with Crippen LogP contribution in [0.5, 0.6) is 0 Å². The van der Waals surface area contributed by atoms with E-state index in [1.54, 1.807) is 29.2 Å². The molecule has 1 aliphatic rings. The number of anilines is 1. The van der Waals surface area contributed by atoms with Gasteiger partial charge in [0.05, 0.1) is 6.54 Å². The molecule has 1 heterocycles. The summed E-state index contributed by atoms with van der Waals surface area (Å²) in [4.78, 5) is 35.9. The van der Waals surface area contributed by atoms with Gasteiger partial charge in [-0.15, -0.1) is 0 Å². The van der Waals surface area contributed by atoms with E-state index < -0.39 is 6.04 Å². The average Bonchev–Trinajstić information content (AvgIpc) is 2.38. The maximum Gasteiger partial charge on any atom is 0.249 e. The molecule has 94 valence electrons. The van der Waals surface area contributed by atoms with Gasteiger partial charge in [-0.1, -0.05) is 19.1 Å². The molecule has 5 nitrogen and oxygen atoms in total. The van der Waals surface area contributed by atoms with Gasteiger partial charge in [0.25, 0.3) is 0 Å². The number of benzene rings is 1. The van der Waals surface area contributed by atoms with Crippen molar-refractivity contribution in [3.63, 3.8) is 0 Å². The summed E-state index contributed by atoms with van der Waals surface area (Å²) < 4.78 is 0. The van der Waals surface area contributed by atoms with Gasteiger partial charge in [0.1, 0.15) is 6.04 Å². The minimum absolute atomic E-state index is 0.0924. The SMILES string of the molecule is CCC1C(=O)NC(=O)CN1c1ccccc1C=O. The Morgan fingerprint density at radius 1 is 1.39 bits per heavy atom. The fourth-order valence-electron chi connectivity index (χ4n) is 2.17. The van der Waals surface area contributed by atoms with Gasteiger partial charge in [-0.25, -0.2) is 0 Å². The van der Waals surface area contributed by atoms with Crippen molar-refractivity contribution in [1.29, 1.82) is 0 Å². The Labute approximate surface area is 105 Å². The molecule has 1 aromatic rings. The summed E-state index contributed by atoms with van der Waals surface area (Å²) in [5.41, 5.74) is 1.11. The molecule has 1 aliphatic heterocycles. The standard InChI is InChI=1S/C13H14N2O3/c1-2-10-13(18)14-12(17)7-15(10)11-6-4-3-5-9(11)8-16/h3-6,8,10H,2,7H2,1H3,(H,14,17,18). The Morgan fingerprint density at radius 3 is 2.78 bits per heavy atom. The van der Waals surface area contributed by atoms with Gasteiger partial charge >= 0.3 is 0 Å². The number of nitrogens with zero attached hydrogens (tertiary/aromatic N) is 1. The van der Waals surface area contributed by atoms with E-state index in [1.807, 2.05) is 6.92 Å². The third kappa shape index (κ3) is 2.11. The zero-order valence-corrected chi connectivity index (χ0v) is 10.1. The lowest BCUT2D eigenvalue weighted by molar-refractivity contribution is -0.132. The molecule has 5 heteroatoms. The molecule has 1 unspecified atom stereocenters. The van der Waals surface area contributed by atoms with Crippen LogP contribution in [0.2, 0.25) is 0 Å². The quantitative estimate of drug-likeness (QED) is 0.631. The lowest BCUT2D eigenvalue weighted by Crippen LogP contribution is -2.58. The molecule has 0 spiro atoms. The highest BCUT2D eigenvalue weighted by Crippen LogP contribution is 2.23. The molecule has 1 fully saturated rings. The van der Waals surface area contributed by atoms with Gasteiger partial charge in [-0.05, 0) is 18.6 Å². The van der Waals surface area contributed by atoms with Crippen LogP contribution in [-0.4, -0.2) is 30.7 Å². The summed E-state index contributed by atoms with van der Waals surface area (Å²) in [6, 6.07) is 6.54. The third-order valence-electron chi connectivity index (χ3n) is 3.02. The third-order valence-corrected chi connectivity index (χ3v) is 3.02. The van der Waals surface area contributed by atoms with Crippen LogP contribution in [0, 0.1) is 0 Å². The number of imide groups is 1. The molecule has 0 bridgehead atoms. The predicted molar refractivity (Wildman–Crippen MR) is 66.4 cm³/mol. The van der Waals surface area contributed by atoms with Crippen LogP contribution < -0.4 is 10.2 Å². The second kappa shape index (κ2) is 5.00. The molecular weight excluding hydrogens is 232 g/mol. The molecular formula is C13H14N2O3. The second-order valence-electron chi connectivity index (χ2n) is 4.14. The minimum atomic E-state index is -0.413. The Hall–Kier alpha value is -2.17. The van der Waals surface area contributed by atoms with Gasteiger partial charge < -0.3 is 4.90 Å².